The molecule has 1 aliphatic rings. The Morgan fingerprint density at radius 1 is 1.41 bits per heavy atom. The lowest BCUT2D eigenvalue weighted by atomic mass is 9.87. The molecule has 94 valence electrons. The SMILES string of the molecule is CNC(c1ccccc1Br)C1CCCN(C)C1. The molecular formula is C14H21BrN2. The number of likely N-dealkylation sites (tertiary alicyclic amines) is 1. The van der Waals surface area contributed by atoms with Gasteiger partial charge in [0, 0.05) is 17.1 Å². The molecule has 17 heavy (non-hydrogen) atoms. The van der Waals surface area contributed by atoms with Crippen LogP contribution in [0.4, 0.5) is 0 Å². The van der Waals surface area contributed by atoms with Gasteiger partial charge in [-0.1, -0.05) is 34.1 Å². The Balaban J connectivity index is 2.18. The van der Waals surface area contributed by atoms with E-state index < -0.39 is 0 Å². The van der Waals surface area contributed by atoms with E-state index in [2.05, 4.69) is 64.5 Å². The first-order chi connectivity index (χ1) is 8.22. The highest BCUT2D eigenvalue weighted by Gasteiger charge is 2.26. The molecule has 0 aliphatic carbocycles. The first-order valence-corrected chi connectivity index (χ1v) is 7.12. The normalized spacial score (nSPS) is 23.6. The van der Waals surface area contributed by atoms with Gasteiger partial charge < -0.3 is 10.2 Å². The average Bonchev–Trinajstić information content (AvgIpc) is 2.33. The van der Waals surface area contributed by atoms with Crippen molar-refractivity contribution in [1.29, 1.82) is 0 Å². The van der Waals surface area contributed by atoms with Gasteiger partial charge in [-0.25, -0.2) is 0 Å². The molecule has 0 radical (unpaired) electrons. The Labute approximate surface area is 113 Å². The second-order valence-corrected chi connectivity index (χ2v) is 5.81. The highest BCUT2D eigenvalue weighted by Crippen LogP contribution is 2.32. The summed E-state index contributed by atoms with van der Waals surface area (Å²) in [6, 6.07) is 9.00. The lowest BCUT2D eigenvalue weighted by Gasteiger charge is -2.35. The number of nitrogens with zero attached hydrogens (tertiary/aromatic N) is 1. The molecule has 3 heteroatoms. The fourth-order valence-electron chi connectivity index (χ4n) is 2.85. The Kier molecular flexibility index (Phi) is 4.60. The summed E-state index contributed by atoms with van der Waals surface area (Å²) in [7, 11) is 4.29. The molecule has 1 N–H and O–H groups in total. The molecule has 1 saturated heterocycles. The van der Waals surface area contributed by atoms with Crippen LogP contribution in [0.25, 0.3) is 0 Å². The van der Waals surface area contributed by atoms with Gasteiger partial charge in [-0.2, -0.15) is 0 Å². The molecule has 1 aromatic carbocycles. The van der Waals surface area contributed by atoms with Gasteiger partial charge in [0.15, 0.2) is 0 Å². The van der Waals surface area contributed by atoms with Gasteiger partial charge in [-0.05, 0) is 51.0 Å². The summed E-state index contributed by atoms with van der Waals surface area (Å²) >= 11 is 3.67. The molecule has 1 aliphatic heterocycles. The third-order valence-electron chi connectivity index (χ3n) is 3.68. The molecular weight excluding hydrogens is 276 g/mol. The number of halogens is 1. The molecule has 2 atom stereocenters. The topological polar surface area (TPSA) is 15.3 Å². The van der Waals surface area contributed by atoms with Crippen molar-refractivity contribution >= 4 is 15.9 Å². The van der Waals surface area contributed by atoms with Gasteiger partial charge in [0.05, 0.1) is 0 Å². The van der Waals surface area contributed by atoms with E-state index in [1.54, 1.807) is 0 Å². The zero-order chi connectivity index (χ0) is 12.3. The monoisotopic (exact) mass is 296 g/mol. The average molecular weight is 297 g/mol. The van der Waals surface area contributed by atoms with Crippen molar-refractivity contribution in [2.75, 3.05) is 27.2 Å². The van der Waals surface area contributed by atoms with Crippen LogP contribution < -0.4 is 5.32 Å². The summed E-state index contributed by atoms with van der Waals surface area (Å²) in [5.74, 6) is 0.706. The zero-order valence-corrected chi connectivity index (χ0v) is 12.2. The molecule has 1 heterocycles. The van der Waals surface area contributed by atoms with Crippen molar-refractivity contribution in [2.24, 2.45) is 5.92 Å². The minimum absolute atomic E-state index is 0.452. The van der Waals surface area contributed by atoms with Gasteiger partial charge in [0.25, 0.3) is 0 Å². The second kappa shape index (κ2) is 5.98. The minimum Gasteiger partial charge on any atom is -0.313 e. The van der Waals surface area contributed by atoms with Crippen LogP contribution in [0.1, 0.15) is 24.4 Å². The molecule has 0 bridgehead atoms. The van der Waals surface area contributed by atoms with Crippen molar-refractivity contribution in [3.63, 3.8) is 0 Å². The van der Waals surface area contributed by atoms with Gasteiger partial charge in [-0.3, -0.25) is 0 Å². The van der Waals surface area contributed by atoms with Crippen LogP contribution in [-0.2, 0) is 0 Å². The van der Waals surface area contributed by atoms with Crippen LogP contribution in [0.5, 0.6) is 0 Å². The number of hydrogen-bond acceptors (Lipinski definition) is 2. The van der Waals surface area contributed by atoms with Crippen LogP contribution >= 0.6 is 15.9 Å². The molecule has 2 rings (SSSR count). The molecule has 2 unspecified atom stereocenters. The van der Waals surface area contributed by atoms with Gasteiger partial charge in [-0.15, -0.1) is 0 Å². The Morgan fingerprint density at radius 2 is 2.18 bits per heavy atom. The predicted molar refractivity (Wildman–Crippen MR) is 76.2 cm³/mol. The largest absolute Gasteiger partial charge is 0.313 e. The summed E-state index contributed by atoms with van der Waals surface area (Å²) < 4.78 is 1.22. The summed E-state index contributed by atoms with van der Waals surface area (Å²) in [5.41, 5.74) is 1.38. The van der Waals surface area contributed by atoms with Crippen molar-refractivity contribution in [2.45, 2.75) is 18.9 Å². The van der Waals surface area contributed by atoms with E-state index in [4.69, 9.17) is 0 Å². The Morgan fingerprint density at radius 3 is 2.82 bits per heavy atom. The number of hydrogen-bond donors (Lipinski definition) is 1. The second-order valence-electron chi connectivity index (χ2n) is 4.95. The number of rotatable bonds is 3. The fourth-order valence-corrected chi connectivity index (χ4v) is 3.38. The lowest BCUT2D eigenvalue weighted by molar-refractivity contribution is 0.177. The molecule has 0 spiro atoms. The van der Waals surface area contributed by atoms with Crippen molar-refractivity contribution in [3.05, 3.63) is 34.3 Å². The quantitative estimate of drug-likeness (QED) is 0.922. The molecule has 2 nitrogen and oxygen atoms in total. The molecule has 1 fully saturated rings. The zero-order valence-electron chi connectivity index (χ0n) is 10.6. The van der Waals surface area contributed by atoms with Gasteiger partial charge >= 0.3 is 0 Å². The van der Waals surface area contributed by atoms with Crippen LogP contribution in [0.2, 0.25) is 0 Å². The van der Waals surface area contributed by atoms with E-state index in [0.717, 1.165) is 0 Å². The van der Waals surface area contributed by atoms with E-state index in [1.807, 2.05) is 0 Å². The first kappa shape index (κ1) is 13.1. The fraction of sp³-hybridized carbons (Fsp3) is 0.571. The van der Waals surface area contributed by atoms with Crippen molar-refractivity contribution in [3.8, 4) is 0 Å². The summed E-state index contributed by atoms with van der Waals surface area (Å²) in [6.07, 6.45) is 2.63. The molecule has 1 aromatic rings. The van der Waals surface area contributed by atoms with E-state index >= 15 is 0 Å². The Hall–Kier alpha value is -0.380. The van der Waals surface area contributed by atoms with Gasteiger partial charge in [0.2, 0.25) is 0 Å². The first-order valence-electron chi connectivity index (χ1n) is 6.32. The van der Waals surface area contributed by atoms with Gasteiger partial charge in [0.1, 0.15) is 0 Å². The standard InChI is InChI=1S/C14H21BrN2/c1-16-14(11-6-5-9-17(2)10-11)12-7-3-4-8-13(12)15/h3-4,7-8,11,14,16H,5-6,9-10H2,1-2H3. The predicted octanol–water partition coefficient (Wildman–Crippen LogP) is 3.05. The summed E-state index contributed by atoms with van der Waals surface area (Å²) in [5, 5.41) is 3.49. The van der Waals surface area contributed by atoms with E-state index in [1.165, 1.54) is 36.0 Å². The number of nitrogens with one attached hydrogen (secondary N) is 1. The lowest BCUT2D eigenvalue weighted by Crippen LogP contribution is -2.38. The van der Waals surface area contributed by atoms with E-state index in [-0.39, 0.29) is 0 Å². The highest BCUT2D eigenvalue weighted by molar-refractivity contribution is 9.10. The van der Waals surface area contributed by atoms with E-state index in [9.17, 15) is 0 Å². The van der Waals surface area contributed by atoms with Crippen LogP contribution in [0, 0.1) is 5.92 Å². The van der Waals surface area contributed by atoms with Crippen LogP contribution in [0.3, 0.4) is 0 Å². The minimum atomic E-state index is 0.452. The van der Waals surface area contributed by atoms with Crippen molar-refractivity contribution < 1.29 is 0 Å². The summed E-state index contributed by atoms with van der Waals surface area (Å²) in [4.78, 5) is 2.44. The van der Waals surface area contributed by atoms with Crippen LogP contribution in [-0.4, -0.2) is 32.1 Å². The third-order valence-corrected chi connectivity index (χ3v) is 4.41. The number of benzene rings is 1. The maximum absolute atomic E-state index is 3.67. The maximum atomic E-state index is 3.67. The van der Waals surface area contributed by atoms with Crippen molar-refractivity contribution in [1.82, 2.24) is 10.2 Å². The molecule has 0 saturated carbocycles. The Bertz CT molecular complexity index is 367. The molecule has 0 aromatic heterocycles. The summed E-state index contributed by atoms with van der Waals surface area (Å²) in [6.45, 7) is 2.43. The maximum Gasteiger partial charge on any atom is 0.0369 e. The smallest absolute Gasteiger partial charge is 0.0369 e. The molecule has 0 amide bonds. The van der Waals surface area contributed by atoms with E-state index in [0.29, 0.717) is 12.0 Å². The number of piperidine rings is 1. The third kappa shape index (κ3) is 3.09. The highest BCUT2D eigenvalue weighted by atomic mass is 79.9. The van der Waals surface area contributed by atoms with Crippen LogP contribution in [0.15, 0.2) is 28.7 Å².